The Labute approximate surface area is 191 Å². The van der Waals surface area contributed by atoms with Crippen LogP contribution in [0.25, 0.3) is 10.8 Å². The van der Waals surface area contributed by atoms with Crippen LogP contribution in [0, 0.1) is 0 Å². The van der Waals surface area contributed by atoms with E-state index in [1.54, 1.807) is 31.2 Å². The van der Waals surface area contributed by atoms with Gasteiger partial charge in [-0.1, -0.05) is 72.8 Å². The van der Waals surface area contributed by atoms with Gasteiger partial charge in [0, 0.05) is 5.69 Å². The van der Waals surface area contributed by atoms with E-state index in [9.17, 15) is 14.7 Å². The Morgan fingerprint density at radius 1 is 0.879 bits per heavy atom. The minimum absolute atomic E-state index is 0.109. The Hall–Kier alpha value is -4.45. The zero-order valence-corrected chi connectivity index (χ0v) is 18.1. The van der Waals surface area contributed by atoms with Crippen LogP contribution in [0.15, 0.2) is 96.1 Å². The van der Waals surface area contributed by atoms with Crippen molar-refractivity contribution in [1.29, 1.82) is 0 Å². The molecule has 0 spiro atoms. The number of nitrogens with one attached hydrogen (secondary N) is 2. The van der Waals surface area contributed by atoms with Crippen LogP contribution in [0.2, 0.25) is 0 Å². The fourth-order valence-corrected chi connectivity index (χ4v) is 3.56. The molecule has 0 unspecified atom stereocenters. The third-order valence-electron chi connectivity index (χ3n) is 5.23. The van der Waals surface area contributed by atoms with Crippen molar-refractivity contribution in [2.24, 2.45) is 5.10 Å². The first-order valence-electron chi connectivity index (χ1n) is 10.5. The second-order valence-electron chi connectivity index (χ2n) is 7.61. The summed E-state index contributed by atoms with van der Waals surface area (Å²) in [5, 5.41) is 18.8. The number of hydrazone groups is 1. The van der Waals surface area contributed by atoms with Crippen LogP contribution in [-0.2, 0) is 11.2 Å². The number of carbonyl (C=O) groups excluding carboxylic acids is 2. The highest BCUT2D eigenvalue weighted by Gasteiger charge is 2.15. The standard InChI is InChI=1S/C27H23N3O3/c1-18(29-30-27(33)26-23-13-6-5-10-20(23)14-15-24(26)31)21-11-7-12-22(17-21)28-25(32)16-19-8-3-2-4-9-19/h2-15,17,31H,16H2,1H3,(H,28,32)(H,30,33). The van der Waals surface area contributed by atoms with Crippen LogP contribution in [0.3, 0.4) is 0 Å². The number of rotatable bonds is 6. The first kappa shape index (κ1) is 21.8. The third kappa shape index (κ3) is 5.25. The van der Waals surface area contributed by atoms with Gasteiger partial charge in [0.05, 0.1) is 17.7 Å². The van der Waals surface area contributed by atoms with Crippen molar-refractivity contribution in [2.45, 2.75) is 13.3 Å². The first-order valence-corrected chi connectivity index (χ1v) is 10.5. The molecule has 0 aromatic heterocycles. The van der Waals surface area contributed by atoms with Crippen LogP contribution in [0.5, 0.6) is 5.75 Å². The normalized spacial score (nSPS) is 11.2. The van der Waals surface area contributed by atoms with E-state index in [0.29, 0.717) is 16.8 Å². The molecule has 0 saturated carbocycles. The summed E-state index contributed by atoms with van der Waals surface area (Å²) in [6.07, 6.45) is 0.280. The molecule has 4 rings (SSSR count). The summed E-state index contributed by atoms with van der Waals surface area (Å²) in [6, 6.07) is 27.3. The average molecular weight is 437 g/mol. The van der Waals surface area contributed by atoms with E-state index >= 15 is 0 Å². The van der Waals surface area contributed by atoms with E-state index in [0.717, 1.165) is 16.5 Å². The molecular formula is C27H23N3O3. The number of fused-ring (bicyclic) bond motifs is 1. The Morgan fingerprint density at radius 3 is 2.45 bits per heavy atom. The summed E-state index contributed by atoms with van der Waals surface area (Å²) in [5.74, 6) is -0.731. The number of anilines is 1. The molecule has 0 atom stereocenters. The maximum atomic E-state index is 12.8. The van der Waals surface area contributed by atoms with Gasteiger partial charge in [-0.2, -0.15) is 5.10 Å². The van der Waals surface area contributed by atoms with Gasteiger partial charge < -0.3 is 10.4 Å². The van der Waals surface area contributed by atoms with E-state index in [1.165, 1.54) is 6.07 Å². The minimum atomic E-state index is -0.504. The summed E-state index contributed by atoms with van der Waals surface area (Å²) >= 11 is 0. The molecule has 0 bridgehead atoms. The van der Waals surface area contributed by atoms with Gasteiger partial charge in [-0.15, -0.1) is 0 Å². The second kappa shape index (κ2) is 9.78. The molecule has 6 heteroatoms. The van der Waals surface area contributed by atoms with Crippen LogP contribution >= 0.6 is 0 Å². The van der Waals surface area contributed by atoms with Crippen LogP contribution in [-0.4, -0.2) is 22.6 Å². The number of amides is 2. The molecule has 0 aliphatic carbocycles. The summed E-state index contributed by atoms with van der Waals surface area (Å²) < 4.78 is 0. The van der Waals surface area contributed by atoms with E-state index in [1.807, 2.05) is 60.7 Å². The van der Waals surface area contributed by atoms with Gasteiger partial charge in [0.15, 0.2) is 0 Å². The topological polar surface area (TPSA) is 90.8 Å². The van der Waals surface area contributed by atoms with Crippen molar-refractivity contribution in [1.82, 2.24) is 5.43 Å². The predicted molar refractivity (Wildman–Crippen MR) is 131 cm³/mol. The quantitative estimate of drug-likeness (QED) is 0.297. The maximum Gasteiger partial charge on any atom is 0.275 e. The van der Waals surface area contributed by atoms with E-state index in [-0.39, 0.29) is 23.6 Å². The fourth-order valence-electron chi connectivity index (χ4n) is 3.56. The van der Waals surface area contributed by atoms with E-state index in [2.05, 4.69) is 15.8 Å². The zero-order chi connectivity index (χ0) is 23.2. The van der Waals surface area contributed by atoms with Gasteiger partial charge in [-0.3, -0.25) is 9.59 Å². The number of carbonyl (C=O) groups is 2. The molecule has 4 aromatic carbocycles. The van der Waals surface area contributed by atoms with Crippen molar-refractivity contribution in [2.75, 3.05) is 5.32 Å². The number of aromatic hydroxyl groups is 1. The number of hydrogen-bond donors (Lipinski definition) is 3. The fraction of sp³-hybridized carbons (Fsp3) is 0.0741. The van der Waals surface area contributed by atoms with Gasteiger partial charge in [0.1, 0.15) is 5.75 Å². The maximum absolute atomic E-state index is 12.8. The molecule has 33 heavy (non-hydrogen) atoms. The highest BCUT2D eigenvalue weighted by atomic mass is 16.3. The largest absolute Gasteiger partial charge is 0.507 e. The summed E-state index contributed by atoms with van der Waals surface area (Å²) in [5.41, 5.74) is 5.57. The lowest BCUT2D eigenvalue weighted by molar-refractivity contribution is -0.115. The molecule has 0 heterocycles. The smallest absolute Gasteiger partial charge is 0.275 e. The van der Waals surface area contributed by atoms with Crippen molar-refractivity contribution < 1.29 is 14.7 Å². The van der Waals surface area contributed by atoms with Gasteiger partial charge in [0.25, 0.3) is 5.91 Å². The molecular weight excluding hydrogens is 414 g/mol. The number of hydrogen-bond acceptors (Lipinski definition) is 4. The summed E-state index contributed by atoms with van der Waals surface area (Å²) in [4.78, 5) is 25.1. The van der Waals surface area contributed by atoms with Crippen molar-refractivity contribution in [3.05, 3.63) is 108 Å². The van der Waals surface area contributed by atoms with Crippen molar-refractivity contribution in [3.8, 4) is 5.75 Å². The molecule has 0 radical (unpaired) electrons. The summed E-state index contributed by atoms with van der Waals surface area (Å²) in [7, 11) is 0. The molecule has 0 aliphatic heterocycles. The lowest BCUT2D eigenvalue weighted by Gasteiger charge is -2.09. The van der Waals surface area contributed by atoms with Gasteiger partial charge in [-0.05, 0) is 47.0 Å². The molecule has 0 aliphatic rings. The number of nitrogens with zero attached hydrogens (tertiary/aromatic N) is 1. The third-order valence-corrected chi connectivity index (χ3v) is 5.23. The Balaban J connectivity index is 1.47. The minimum Gasteiger partial charge on any atom is -0.507 e. The monoisotopic (exact) mass is 437 g/mol. The second-order valence-corrected chi connectivity index (χ2v) is 7.61. The van der Waals surface area contributed by atoms with Gasteiger partial charge in [0.2, 0.25) is 5.91 Å². The average Bonchev–Trinajstić information content (AvgIpc) is 2.83. The zero-order valence-electron chi connectivity index (χ0n) is 18.1. The number of phenols is 1. The van der Waals surface area contributed by atoms with E-state index < -0.39 is 5.91 Å². The number of benzene rings is 4. The van der Waals surface area contributed by atoms with Gasteiger partial charge >= 0.3 is 0 Å². The molecule has 0 saturated heterocycles. The highest BCUT2D eigenvalue weighted by molar-refractivity contribution is 6.10. The Kier molecular flexibility index (Phi) is 6.45. The molecule has 0 fully saturated rings. The SMILES string of the molecule is CC(=NNC(=O)c1c(O)ccc2ccccc12)c1cccc(NC(=O)Cc2ccccc2)c1. The Morgan fingerprint density at radius 2 is 1.64 bits per heavy atom. The van der Waals surface area contributed by atoms with E-state index in [4.69, 9.17) is 0 Å². The Bertz CT molecular complexity index is 1350. The summed E-state index contributed by atoms with van der Waals surface area (Å²) in [6.45, 7) is 1.76. The lowest BCUT2D eigenvalue weighted by Crippen LogP contribution is -2.20. The van der Waals surface area contributed by atoms with Crippen LogP contribution in [0.4, 0.5) is 5.69 Å². The van der Waals surface area contributed by atoms with Crippen molar-refractivity contribution >= 4 is 34.0 Å². The molecule has 2 amide bonds. The molecule has 6 nitrogen and oxygen atoms in total. The molecule has 164 valence electrons. The van der Waals surface area contributed by atoms with Crippen LogP contribution in [0.1, 0.15) is 28.4 Å². The lowest BCUT2D eigenvalue weighted by atomic mass is 10.0. The van der Waals surface area contributed by atoms with Crippen molar-refractivity contribution in [3.63, 3.8) is 0 Å². The van der Waals surface area contributed by atoms with Gasteiger partial charge in [-0.25, -0.2) is 5.43 Å². The first-order chi connectivity index (χ1) is 16.0. The highest BCUT2D eigenvalue weighted by Crippen LogP contribution is 2.27. The molecule has 3 N–H and O–H groups in total. The predicted octanol–water partition coefficient (Wildman–Crippen LogP) is 4.88. The molecule has 4 aromatic rings. The van der Waals surface area contributed by atoms with Crippen LogP contribution < -0.4 is 10.7 Å². The number of phenolic OH excluding ortho intramolecular Hbond substituents is 1.